The number of morpholine rings is 1. The van der Waals surface area contributed by atoms with Crippen LogP contribution in [-0.2, 0) is 9.53 Å². The van der Waals surface area contributed by atoms with Crippen LogP contribution < -0.4 is 5.32 Å². The van der Waals surface area contributed by atoms with Crippen LogP contribution in [0.2, 0.25) is 0 Å². The Morgan fingerprint density at radius 1 is 1.29 bits per heavy atom. The van der Waals surface area contributed by atoms with Crippen molar-refractivity contribution in [3.8, 4) is 0 Å². The largest absolute Gasteiger partial charge is 0.370 e. The topological polar surface area (TPSA) is 71.5 Å². The smallest absolute Gasteiger partial charge is 0.269 e. The van der Waals surface area contributed by atoms with E-state index in [-0.39, 0.29) is 17.2 Å². The molecule has 6 nitrogen and oxygen atoms in total. The molecule has 154 valence electrons. The molecule has 0 aromatic carbocycles. The quantitative estimate of drug-likeness (QED) is 0.781. The molecule has 2 heterocycles. The van der Waals surface area contributed by atoms with Gasteiger partial charge >= 0.3 is 0 Å². The maximum atomic E-state index is 13.1. The van der Waals surface area contributed by atoms with Crippen LogP contribution in [0.4, 0.5) is 0 Å². The van der Waals surface area contributed by atoms with Gasteiger partial charge in [0.25, 0.3) is 5.91 Å². The molecule has 1 aliphatic carbocycles. The van der Waals surface area contributed by atoms with Crippen molar-refractivity contribution in [2.45, 2.75) is 65.4 Å². The molecule has 1 saturated heterocycles. The standard InChI is InChI=1S/C22H33N3O3/c1-5-6-7-22(8-9-22)20(27)25-10-11-28-21(4,15-25)14-23-19(26)18-13-16(2)12-17(3)24-18/h12-13H,5-11,14-15H2,1-4H3,(H,23,26). The maximum Gasteiger partial charge on any atom is 0.269 e. The molecule has 1 atom stereocenters. The Bertz CT molecular complexity index is 724. The summed E-state index contributed by atoms with van der Waals surface area (Å²) in [4.78, 5) is 31.9. The lowest BCUT2D eigenvalue weighted by Crippen LogP contribution is -2.58. The zero-order valence-corrected chi connectivity index (χ0v) is 17.6. The van der Waals surface area contributed by atoms with E-state index in [1.165, 1.54) is 0 Å². The number of carbonyl (C=O) groups excluding carboxylic acids is 2. The van der Waals surface area contributed by atoms with E-state index in [0.29, 0.717) is 31.9 Å². The fourth-order valence-corrected chi connectivity index (χ4v) is 4.10. The van der Waals surface area contributed by atoms with Crippen molar-refractivity contribution in [1.82, 2.24) is 15.2 Å². The minimum Gasteiger partial charge on any atom is -0.370 e. The van der Waals surface area contributed by atoms with Crippen LogP contribution in [0.3, 0.4) is 0 Å². The highest BCUT2D eigenvalue weighted by Crippen LogP contribution is 2.51. The molecular formula is C22H33N3O3. The van der Waals surface area contributed by atoms with Gasteiger partial charge in [-0.05, 0) is 57.7 Å². The van der Waals surface area contributed by atoms with Crippen LogP contribution in [0.1, 0.15) is 67.7 Å². The number of carbonyl (C=O) groups is 2. The van der Waals surface area contributed by atoms with E-state index in [2.05, 4.69) is 17.2 Å². The molecule has 28 heavy (non-hydrogen) atoms. The molecule has 1 saturated carbocycles. The van der Waals surface area contributed by atoms with Crippen LogP contribution >= 0.6 is 0 Å². The second-order valence-corrected chi connectivity index (χ2v) is 8.76. The molecule has 0 radical (unpaired) electrons. The van der Waals surface area contributed by atoms with E-state index in [9.17, 15) is 9.59 Å². The molecule has 2 fully saturated rings. The van der Waals surface area contributed by atoms with Crippen molar-refractivity contribution in [2.75, 3.05) is 26.2 Å². The summed E-state index contributed by atoms with van der Waals surface area (Å²) in [6, 6.07) is 3.73. The highest BCUT2D eigenvalue weighted by Gasteiger charge is 2.52. The van der Waals surface area contributed by atoms with Gasteiger partial charge in [0.1, 0.15) is 11.3 Å². The SMILES string of the molecule is CCCCC1(C(=O)N2CCOC(C)(CNC(=O)c3cc(C)cc(C)n3)C2)CC1. The molecule has 1 aromatic heterocycles. The third kappa shape index (κ3) is 4.72. The average Bonchev–Trinajstić information content (AvgIpc) is 3.44. The minimum atomic E-state index is -0.580. The fraction of sp³-hybridized carbons (Fsp3) is 0.682. The first-order valence-electron chi connectivity index (χ1n) is 10.4. The molecule has 1 unspecified atom stereocenters. The monoisotopic (exact) mass is 387 g/mol. The first-order valence-corrected chi connectivity index (χ1v) is 10.4. The molecule has 1 N–H and O–H groups in total. The number of nitrogens with zero attached hydrogens (tertiary/aromatic N) is 2. The van der Waals surface area contributed by atoms with Gasteiger partial charge in [-0.25, -0.2) is 4.98 Å². The van der Waals surface area contributed by atoms with Gasteiger partial charge < -0.3 is 15.0 Å². The van der Waals surface area contributed by atoms with E-state index in [4.69, 9.17) is 4.74 Å². The normalized spacial score (nSPS) is 23.4. The summed E-state index contributed by atoms with van der Waals surface area (Å²) >= 11 is 0. The molecule has 1 aliphatic heterocycles. The Kier molecular flexibility index (Phi) is 6.08. The van der Waals surface area contributed by atoms with E-state index < -0.39 is 5.60 Å². The number of pyridine rings is 1. The van der Waals surface area contributed by atoms with Crippen LogP contribution in [0.25, 0.3) is 0 Å². The number of aromatic nitrogens is 1. The van der Waals surface area contributed by atoms with Crippen LogP contribution in [-0.4, -0.2) is 53.5 Å². The van der Waals surface area contributed by atoms with Crippen molar-refractivity contribution in [3.05, 3.63) is 29.1 Å². The third-order valence-electron chi connectivity index (χ3n) is 5.89. The Morgan fingerprint density at radius 3 is 2.68 bits per heavy atom. The molecule has 1 aromatic rings. The van der Waals surface area contributed by atoms with Crippen molar-refractivity contribution in [3.63, 3.8) is 0 Å². The Labute approximate surface area is 168 Å². The van der Waals surface area contributed by atoms with Crippen LogP contribution in [0.15, 0.2) is 12.1 Å². The third-order valence-corrected chi connectivity index (χ3v) is 5.89. The number of hydrogen-bond acceptors (Lipinski definition) is 4. The Hall–Kier alpha value is -1.95. The van der Waals surface area contributed by atoms with Gasteiger partial charge in [0.2, 0.25) is 5.91 Å². The van der Waals surface area contributed by atoms with E-state index in [1.54, 1.807) is 6.07 Å². The van der Waals surface area contributed by atoms with Crippen molar-refractivity contribution in [2.24, 2.45) is 5.41 Å². The summed E-state index contributed by atoms with van der Waals surface area (Å²) in [6.45, 7) is 9.97. The first-order chi connectivity index (χ1) is 13.3. The zero-order chi connectivity index (χ0) is 20.4. The summed E-state index contributed by atoms with van der Waals surface area (Å²) < 4.78 is 5.96. The molecule has 2 amide bonds. The van der Waals surface area contributed by atoms with Crippen LogP contribution in [0.5, 0.6) is 0 Å². The summed E-state index contributed by atoms with van der Waals surface area (Å²) in [5, 5.41) is 2.95. The van der Waals surface area contributed by atoms with Gasteiger partial charge in [0.15, 0.2) is 0 Å². The minimum absolute atomic E-state index is 0.124. The highest BCUT2D eigenvalue weighted by molar-refractivity contribution is 5.92. The Balaban J connectivity index is 1.59. The lowest BCUT2D eigenvalue weighted by atomic mass is 9.95. The van der Waals surface area contributed by atoms with Gasteiger partial charge in [0.05, 0.1) is 13.2 Å². The molecule has 0 spiro atoms. The number of aryl methyl sites for hydroxylation is 2. The van der Waals surface area contributed by atoms with Crippen molar-refractivity contribution < 1.29 is 14.3 Å². The van der Waals surface area contributed by atoms with Gasteiger partial charge in [-0.2, -0.15) is 0 Å². The predicted octanol–water partition coefficient (Wildman–Crippen LogP) is 3.02. The van der Waals surface area contributed by atoms with Gasteiger partial charge in [-0.15, -0.1) is 0 Å². The predicted molar refractivity (Wildman–Crippen MR) is 108 cm³/mol. The molecule has 2 aliphatic rings. The highest BCUT2D eigenvalue weighted by atomic mass is 16.5. The lowest BCUT2D eigenvalue weighted by Gasteiger charge is -2.41. The van der Waals surface area contributed by atoms with Crippen molar-refractivity contribution >= 4 is 11.8 Å². The van der Waals surface area contributed by atoms with Gasteiger partial charge in [0, 0.05) is 24.2 Å². The number of rotatable bonds is 7. The number of unbranched alkanes of at least 4 members (excludes halogenated alkanes) is 1. The number of ether oxygens (including phenoxy) is 1. The second-order valence-electron chi connectivity index (χ2n) is 8.76. The lowest BCUT2D eigenvalue weighted by molar-refractivity contribution is -0.153. The first kappa shape index (κ1) is 20.8. The van der Waals surface area contributed by atoms with E-state index in [1.807, 2.05) is 31.7 Å². The van der Waals surface area contributed by atoms with Crippen LogP contribution in [0, 0.1) is 19.3 Å². The summed E-state index contributed by atoms with van der Waals surface area (Å²) in [5.74, 6) is 0.0689. The molecule has 6 heteroatoms. The Morgan fingerprint density at radius 2 is 2.04 bits per heavy atom. The fourth-order valence-electron chi connectivity index (χ4n) is 4.10. The molecule has 3 rings (SSSR count). The number of amides is 2. The summed E-state index contributed by atoms with van der Waals surface area (Å²) in [6.07, 6.45) is 5.23. The number of hydrogen-bond donors (Lipinski definition) is 1. The summed E-state index contributed by atoms with van der Waals surface area (Å²) in [7, 11) is 0. The molecular weight excluding hydrogens is 354 g/mol. The van der Waals surface area contributed by atoms with Gasteiger partial charge in [-0.1, -0.05) is 19.8 Å². The van der Waals surface area contributed by atoms with Gasteiger partial charge in [-0.3, -0.25) is 9.59 Å². The summed E-state index contributed by atoms with van der Waals surface area (Å²) in [5.41, 5.74) is 1.55. The van der Waals surface area contributed by atoms with E-state index >= 15 is 0 Å². The number of nitrogens with one attached hydrogen (secondary N) is 1. The van der Waals surface area contributed by atoms with E-state index in [0.717, 1.165) is 43.4 Å². The van der Waals surface area contributed by atoms with Crippen molar-refractivity contribution in [1.29, 1.82) is 0 Å². The molecule has 0 bridgehead atoms. The second kappa shape index (κ2) is 8.19. The average molecular weight is 388 g/mol. The zero-order valence-electron chi connectivity index (χ0n) is 17.6. The maximum absolute atomic E-state index is 13.1.